The van der Waals surface area contributed by atoms with Crippen molar-refractivity contribution in [2.75, 3.05) is 6.54 Å². The van der Waals surface area contributed by atoms with Crippen molar-refractivity contribution in [1.82, 2.24) is 4.90 Å². The predicted octanol–water partition coefficient (Wildman–Crippen LogP) is 3.35. The van der Waals surface area contributed by atoms with E-state index in [1.807, 2.05) is 19.1 Å². The van der Waals surface area contributed by atoms with Crippen molar-refractivity contribution >= 4 is 33.7 Å². The Labute approximate surface area is 147 Å². The average Bonchev–Trinajstić information content (AvgIpc) is 2.80. The standard InChI is InChI=1S/C18H14BrNO4/c1-11-6-7-15(14(19)10-11)24-16(21)8-9-20-17(22)12-4-2-3-5-13(12)18(20)23/h2-7,10H,8-9H2,1H3. The van der Waals surface area contributed by atoms with Gasteiger partial charge in [0.05, 0.1) is 22.0 Å². The second-order valence-corrected chi connectivity index (χ2v) is 6.32. The third-order valence-corrected chi connectivity index (χ3v) is 4.35. The number of nitrogens with zero attached hydrogens (tertiary/aromatic N) is 1. The van der Waals surface area contributed by atoms with E-state index in [4.69, 9.17) is 4.74 Å². The molecule has 0 atom stereocenters. The van der Waals surface area contributed by atoms with Gasteiger partial charge in [0.15, 0.2) is 0 Å². The van der Waals surface area contributed by atoms with Gasteiger partial charge in [0.25, 0.3) is 11.8 Å². The van der Waals surface area contributed by atoms with E-state index in [9.17, 15) is 14.4 Å². The number of hydrogen-bond acceptors (Lipinski definition) is 4. The lowest BCUT2D eigenvalue weighted by molar-refractivity contribution is -0.134. The summed E-state index contributed by atoms with van der Waals surface area (Å²) in [6.07, 6.45) is -0.0637. The van der Waals surface area contributed by atoms with E-state index in [2.05, 4.69) is 15.9 Å². The molecule has 0 radical (unpaired) electrons. The van der Waals surface area contributed by atoms with Gasteiger partial charge in [-0.1, -0.05) is 18.2 Å². The zero-order valence-electron chi connectivity index (χ0n) is 12.9. The number of carbonyl (C=O) groups is 3. The van der Waals surface area contributed by atoms with Gasteiger partial charge in [-0.2, -0.15) is 0 Å². The highest BCUT2D eigenvalue weighted by atomic mass is 79.9. The van der Waals surface area contributed by atoms with E-state index in [0.29, 0.717) is 21.3 Å². The topological polar surface area (TPSA) is 63.7 Å². The number of amides is 2. The van der Waals surface area contributed by atoms with E-state index in [0.717, 1.165) is 10.5 Å². The molecular formula is C18H14BrNO4. The first kappa shape index (κ1) is 16.4. The van der Waals surface area contributed by atoms with Crippen molar-refractivity contribution in [3.05, 3.63) is 63.6 Å². The maximum atomic E-state index is 12.2. The molecule has 0 unspecified atom stereocenters. The molecule has 1 aliphatic rings. The summed E-state index contributed by atoms with van der Waals surface area (Å²) >= 11 is 3.34. The van der Waals surface area contributed by atoms with Crippen molar-refractivity contribution in [2.45, 2.75) is 13.3 Å². The summed E-state index contributed by atoms with van der Waals surface area (Å²) in [6.45, 7) is 1.92. The molecule has 122 valence electrons. The van der Waals surface area contributed by atoms with Crippen molar-refractivity contribution in [3.63, 3.8) is 0 Å². The third kappa shape index (κ3) is 3.10. The molecule has 6 heteroatoms. The number of ether oxygens (including phenoxy) is 1. The van der Waals surface area contributed by atoms with Gasteiger partial charge in [-0.15, -0.1) is 0 Å². The summed E-state index contributed by atoms with van der Waals surface area (Å²) in [4.78, 5) is 37.5. The number of benzene rings is 2. The van der Waals surface area contributed by atoms with E-state index in [-0.39, 0.29) is 24.8 Å². The van der Waals surface area contributed by atoms with Crippen molar-refractivity contribution in [2.24, 2.45) is 0 Å². The Bertz CT molecular complexity index is 812. The molecule has 2 aromatic carbocycles. The maximum absolute atomic E-state index is 12.2. The number of esters is 1. The highest BCUT2D eigenvalue weighted by Crippen LogP contribution is 2.26. The van der Waals surface area contributed by atoms with Gasteiger partial charge in [0, 0.05) is 6.54 Å². The van der Waals surface area contributed by atoms with Gasteiger partial charge < -0.3 is 4.74 Å². The van der Waals surface area contributed by atoms with Crippen LogP contribution >= 0.6 is 15.9 Å². The molecule has 0 spiro atoms. The van der Waals surface area contributed by atoms with E-state index in [1.54, 1.807) is 30.3 Å². The van der Waals surface area contributed by atoms with Crippen molar-refractivity contribution in [1.29, 1.82) is 0 Å². The molecule has 5 nitrogen and oxygen atoms in total. The van der Waals surface area contributed by atoms with Gasteiger partial charge in [-0.3, -0.25) is 19.3 Å². The quantitative estimate of drug-likeness (QED) is 0.458. The second-order valence-electron chi connectivity index (χ2n) is 5.47. The van der Waals surface area contributed by atoms with Crippen LogP contribution in [-0.4, -0.2) is 29.2 Å². The highest BCUT2D eigenvalue weighted by molar-refractivity contribution is 9.10. The molecule has 0 fully saturated rings. The summed E-state index contributed by atoms with van der Waals surface area (Å²) in [7, 11) is 0. The van der Waals surface area contributed by atoms with Gasteiger partial charge in [-0.25, -0.2) is 0 Å². The van der Waals surface area contributed by atoms with Crippen LogP contribution in [0, 0.1) is 6.92 Å². The largest absolute Gasteiger partial charge is 0.425 e. The van der Waals surface area contributed by atoms with E-state index >= 15 is 0 Å². The Morgan fingerprint density at radius 1 is 1.08 bits per heavy atom. The first-order valence-corrected chi connectivity index (χ1v) is 8.18. The molecule has 3 rings (SSSR count). The fourth-order valence-corrected chi connectivity index (χ4v) is 3.08. The van der Waals surface area contributed by atoms with Crippen LogP contribution in [0.25, 0.3) is 0 Å². The van der Waals surface area contributed by atoms with Crippen LogP contribution in [0.1, 0.15) is 32.7 Å². The average molecular weight is 388 g/mol. The minimum absolute atomic E-state index is 0.00530. The summed E-state index contributed by atoms with van der Waals surface area (Å²) in [5, 5.41) is 0. The van der Waals surface area contributed by atoms with Crippen molar-refractivity contribution in [3.8, 4) is 5.75 Å². The lowest BCUT2D eigenvalue weighted by Crippen LogP contribution is -2.32. The Morgan fingerprint density at radius 3 is 2.29 bits per heavy atom. The smallest absolute Gasteiger partial charge is 0.313 e. The Hall–Kier alpha value is -2.47. The lowest BCUT2D eigenvalue weighted by Gasteiger charge is -2.13. The number of imide groups is 1. The van der Waals surface area contributed by atoms with E-state index in [1.165, 1.54) is 0 Å². The minimum Gasteiger partial charge on any atom is -0.425 e. The SMILES string of the molecule is Cc1ccc(OC(=O)CCN2C(=O)c3ccccc3C2=O)c(Br)c1. The number of halogens is 1. The number of rotatable bonds is 4. The minimum atomic E-state index is -0.504. The number of fused-ring (bicyclic) bond motifs is 1. The summed E-state index contributed by atoms with van der Waals surface area (Å²) in [6, 6.07) is 12.0. The number of hydrogen-bond donors (Lipinski definition) is 0. The predicted molar refractivity (Wildman–Crippen MR) is 90.9 cm³/mol. The van der Waals surface area contributed by atoms with E-state index < -0.39 is 5.97 Å². The molecular weight excluding hydrogens is 374 g/mol. The summed E-state index contributed by atoms with van der Waals surface area (Å²) < 4.78 is 5.95. The van der Waals surface area contributed by atoms with Crippen LogP contribution in [0.15, 0.2) is 46.9 Å². The normalized spacial score (nSPS) is 13.2. The van der Waals surface area contributed by atoms with Crippen LogP contribution in [-0.2, 0) is 4.79 Å². The fourth-order valence-electron chi connectivity index (χ4n) is 2.51. The molecule has 0 N–H and O–H groups in total. The maximum Gasteiger partial charge on any atom is 0.313 e. The summed E-state index contributed by atoms with van der Waals surface area (Å²) in [5.74, 6) is -0.844. The zero-order valence-corrected chi connectivity index (χ0v) is 14.5. The molecule has 0 saturated heterocycles. The van der Waals surface area contributed by atoms with Crippen LogP contribution in [0.2, 0.25) is 0 Å². The van der Waals surface area contributed by atoms with Crippen LogP contribution < -0.4 is 4.74 Å². The first-order chi connectivity index (χ1) is 11.5. The van der Waals surface area contributed by atoms with Crippen LogP contribution in [0.3, 0.4) is 0 Å². The van der Waals surface area contributed by atoms with Crippen LogP contribution in [0.5, 0.6) is 5.75 Å². The Kier molecular flexibility index (Phi) is 4.49. The highest BCUT2D eigenvalue weighted by Gasteiger charge is 2.35. The molecule has 0 bridgehead atoms. The van der Waals surface area contributed by atoms with Crippen LogP contribution in [0.4, 0.5) is 0 Å². The monoisotopic (exact) mass is 387 g/mol. The molecule has 1 aliphatic heterocycles. The lowest BCUT2D eigenvalue weighted by atomic mass is 10.1. The molecule has 2 amide bonds. The molecule has 0 saturated carbocycles. The van der Waals surface area contributed by atoms with Crippen molar-refractivity contribution < 1.29 is 19.1 Å². The molecule has 0 aliphatic carbocycles. The molecule has 1 heterocycles. The third-order valence-electron chi connectivity index (χ3n) is 3.73. The molecule has 2 aromatic rings. The van der Waals surface area contributed by atoms with Gasteiger partial charge >= 0.3 is 5.97 Å². The van der Waals surface area contributed by atoms with Gasteiger partial charge in [-0.05, 0) is 52.7 Å². The van der Waals surface area contributed by atoms with Gasteiger partial charge in [0.2, 0.25) is 0 Å². The molecule has 24 heavy (non-hydrogen) atoms. The van der Waals surface area contributed by atoms with Gasteiger partial charge in [0.1, 0.15) is 5.75 Å². The molecule has 0 aromatic heterocycles. The first-order valence-electron chi connectivity index (χ1n) is 7.39. The zero-order chi connectivity index (χ0) is 17.3. The number of carbonyl (C=O) groups excluding carboxylic acids is 3. The number of aryl methyl sites for hydroxylation is 1. The Morgan fingerprint density at radius 2 is 1.71 bits per heavy atom. The second kappa shape index (κ2) is 6.57. The Balaban J connectivity index is 1.63. The fraction of sp³-hybridized carbons (Fsp3) is 0.167. The summed E-state index contributed by atoms with van der Waals surface area (Å²) in [5.41, 5.74) is 1.78.